The second-order valence-electron chi connectivity index (χ2n) is 12.1. The summed E-state index contributed by atoms with van der Waals surface area (Å²) in [5.74, 6) is 0. The Bertz CT molecular complexity index is 2540. The third-order valence-electron chi connectivity index (χ3n) is 9.28. The van der Waals surface area contributed by atoms with Gasteiger partial charge in [0.25, 0.3) is 0 Å². The summed E-state index contributed by atoms with van der Waals surface area (Å²) in [6.45, 7) is 0. The van der Waals surface area contributed by atoms with Gasteiger partial charge in [0.1, 0.15) is 0 Å². The molecule has 2 heteroatoms. The molecule has 226 valence electrons. The van der Waals surface area contributed by atoms with Crippen LogP contribution in [-0.2, 0) is 0 Å². The van der Waals surface area contributed by atoms with E-state index in [4.69, 9.17) is 0 Å². The zero-order valence-electron chi connectivity index (χ0n) is 26.3. The SMILES string of the molecule is c1ccc(-c2ccc(N(c3ccc(-c4cccc5sc6ccccc6c45)cc3)c3cccc(-c4cccc5ccccc45)c3)cc2)cc1. The lowest BCUT2D eigenvalue weighted by Crippen LogP contribution is -2.10. The van der Waals surface area contributed by atoms with E-state index in [9.17, 15) is 0 Å². The molecule has 0 unspecified atom stereocenters. The molecule has 0 fully saturated rings. The molecule has 0 amide bonds. The highest BCUT2D eigenvalue weighted by Gasteiger charge is 2.16. The zero-order chi connectivity index (χ0) is 31.9. The van der Waals surface area contributed by atoms with Crippen LogP contribution in [0.2, 0.25) is 0 Å². The van der Waals surface area contributed by atoms with Gasteiger partial charge in [0, 0.05) is 37.2 Å². The molecule has 9 rings (SSSR count). The van der Waals surface area contributed by atoms with Crippen molar-refractivity contribution >= 4 is 59.3 Å². The van der Waals surface area contributed by atoms with Gasteiger partial charge in [-0.25, -0.2) is 0 Å². The van der Waals surface area contributed by atoms with Crippen LogP contribution in [0.4, 0.5) is 17.1 Å². The van der Waals surface area contributed by atoms with Crippen molar-refractivity contribution < 1.29 is 0 Å². The maximum atomic E-state index is 2.37. The van der Waals surface area contributed by atoms with E-state index in [0.29, 0.717) is 0 Å². The highest BCUT2D eigenvalue weighted by atomic mass is 32.1. The second-order valence-corrected chi connectivity index (χ2v) is 13.2. The van der Waals surface area contributed by atoms with Gasteiger partial charge in [0.15, 0.2) is 0 Å². The van der Waals surface area contributed by atoms with E-state index in [1.807, 2.05) is 11.3 Å². The van der Waals surface area contributed by atoms with Gasteiger partial charge in [-0.2, -0.15) is 0 Å². The molecule has 8 aromatic carbocycles. The summed E-state index contributed by atoms with van der Waals surface area (Å²) in [7, 11) is 0. The molecule has 1 heterocycles. The van der Waals surface area contributed by atoms with Crippen LogP contribution in [-0.4, -0.2) is 0 Å². The van der Waals surface area contributed by atoms with Gasteiger partial charge in [-0.15, -0.1) is 11.3 Å². The van der Waals surface area contributed by atoms with Crippen LogP contribution in [0.5, 0.6) is 0 Å². The van der Waals surface area contributed by atoms with E-state index >= 15 is 0 Å². The van der Waals surface area contributed by atoms with Gasteiger partial charge < -0.3 is 4.90 Å². The van der Waals surface area contributed by atoms with Crippen LogP contribution in [0.25, 0.3) is 64.3 Å². The summed E-state index contributed by atoms with van der Waals surface area (Å²) in [6.07, 6.45) is 0. The molecule has 0 saturated heterocycles. The smallest absolute Gasteiger partial charge is 0.0467 e. The van der Waals surface area contributed by atoms with E-state index in [2.05, 4.69) is 193 Å². The Hall–Kier alpha value is -5.96. The van der Waals surface area contributed by atoms with Crippen molar-refractivity contribution in [3.8, 4) is 33.4 Å². The van der Waals surface area contributed by atoms with Crippen LogP contribution >= 0.6 is 11.3 Å². The molecule has 9 aromatic rings. The third kappa shape index (κ3) is 5.04. The molecule has 0 radical (unpaired) electrons. The number of rotatable bonds is 6. The van der Waals surface area contributed by atoms with Crippen molar-refractivity contribution in [3.05, 3.63) is 188 Å². The highest BCUT2D eigenvalue weighted by Crippen LogP contribution is 2.42. The van der Waals surface area contributed by atoms with Gasteiger partial charge in [0.2, 0.25) is 0 Å². The molecule has 0 N–H and O–H groups in total. The molecule has 0 saturated carbocycles. The Morgan fingerprint density at radius 1 is 0.333 bits per heavy atom. The summed E-state index contributed by atoms with van der Waals surface area (Å²) in [4.78, 5) is 2.37. The summed E-state index contributed by atoms with van der Waals surface area (Å²) in [5.41, 5.74) is 10.7. The van der Waals surface area contributed by atoms with Crippen molar-refractivity contribution in [2.24, 2.45) is 0 Å². The molecule has 1 nitrogen and oxygen atoms in total. The fourth-order valence-corrected chi connectivity index (χ4v) is 8.11. The minimum atomic E-state index is 1.11. The number of nitrogens with zero attached hydrogens (tertiary/aromatic N) is 1. The first-order valence-electron chi connectivity index (χ1n) is 16.3. The van der Waals surface area contributed by atoms with Gasteiger partial charge in [-0.1, -0.05) is 140 Å². The lowest BCUT2D eigenvalue weighted by Gasteiger charge is -2.26. The first kappa shape index (κ1) is 28.3. The Balaban J connectivity index is 1.16. The van der Waals surface area contributed by atoms with Crippen molar-refractivity contribution in [2.45, 2.75) is 0 Å². The normalized spacial score (nSPS) is 11.3. The average Bonchev–Trinajstić information content (AvgIpc) is 3.55. The number of anilines is 3. The Labute approximate surface area is 284 Å². The van der Waals surface area contributed by atoms with Gasteiger partial charge in [-0.3, -0.25) is 0 Å². The molecule has 0 atom stereocenters. The molecule has 0 aliphatic rings. The van der Waals surface area contributed by atoms with Crippen LogP contribution in [0.3, 0.4) is 0 Å². The molecule has 0 bridgehead atoms. The average molecular weight is 630 g/mol. The van der Waals surface area contributed by atoms with Crippen LogP contribution in [0.1, 0.15) is 0 Å². The first-order valence-corrected chi connectivity index (χ1v) is 17.2. The second kappa shape index (κ2) is 12.0. The Morgan fingerprint density at radius 2 is 0.896 bits per heavy atom. The third-order valence-corrected chi connectivity index (χ3v) is 10.4. The van der Waals surface area contributed by atoms with Crippen LogP contribution in [0.15, 0.2) is 188 Å². The standard InChI is InChI=1S/C46H31NS/c1-2-11-32(12-3-1)33-23-27-37(28-24-33)47(39-16-8-15-36(31-39)41-19-9-14-34-13-4-5-17-40(34)41)38-29-25-35(26-30-38)42-20-10-22-45-46(42)43-18-6-7-21-44(43)48-45/h1-31H. The summed E-state index contributed by atoms with van der Waals surface area (Å²) < 4.78 is 2.65. The molecule has 0 aliphatic carbocycles. The number of fused-ring (bicyclic) bond motifs is 4. The molecular formula is C46H31NS. The molecular weight excluding hydrogens is 599 g/mol. The lowest BCUT2D eigenvalue weighted by molar-refractivity contribution is 1.28. The van der Waals surface area contributed by atoms with E-state index in [1.165, 1.54) is 64.3 Å². The monoisotopic (exact) mass is 629 g/mol. The van der Waals surface area contributed by atoms with Crippen molar-refractivity contribution in [3.63, 3.8) is 0 Å². The number of hydrogen-bond acceptors (Lipinski definition) is 2. The molecule has 48 heavy (non-hydrogen) atoms. The number of thiophene rings is 1. The molecule has 1 aromatic heterocycles. The minimum absolute atomic E-state index is 1.11. The van der Waals surface area contributed by atoms with E-state index in [-0.39, 0.29) is 0 Å². The predicted octanol–water partition coefficient (Wildman–Crippen LogP) is 13.7. The molecule has 0 aliphatic heterocycles. The predicted molar refractivity (Wildman–Crippen MR) is 208 cm³/mol. The van der Waals surface area contributed by atoms with E-state index < -0.39 is 0 Å². The maximum Gasteiger partial charge on any atom is 0.0467 e. The zero-order valence-corrected chi connectivity index (χ0v) is 27.1. The van der Waals surface area contributed by atoms with Crippen molar-refractivity contribution in [1.29, 1.82) is 0 Å². The number of hydrogen-bond donors (Lipinski definition) is 0. The van der Waals surface area contributed by atoms with Crippen LogP contribution < -0.4 is 4.90 Å². The fourth-order valence-electron chi connectivity index (χ4n) is 6.98. The molecule has 0 spiro atoms. The quantitative estimate of drug-likeness (QED) is 0.177. The summed E-state index contributed by atoms with van der Waals surface area (Å²) in [5, 5.41) is 5.16. The van der Waals surface area contributed by atoms with Crippen LogP contribution in [0, 0.1) is 0 Å². The van der Waals surface area contributed by atoms with Crippen molar-refractivity contribution in [1.82, 2.24) is 0 Å². The first-order chi connectivity index (χ1) is 23.8. The van der Waals surface area contributed by atoms with E-state index in [0.717, 1.165) is 17.1 Å². The topological polar surface area (TPSA) is 3.24 Å². The van der Waals surface area contributed by atoms with Crippen molar-refractivity contribution in [2.75, 3.05) is 4.90 Å². The van der Waals surface area contributed by atoms with E-state index in [1.54, 1.807) is 0 Å². The Kier molecular flexibility index (Phi) is 7.07. The Morgan fingerprint density at radius 3 is 1.71 bits per heavy atom. The highest BCUT2D eigenvalue weighted by molar-refractivity contribution is 7.25. The maximum absolute atomic E-state index is 2.37. The lowest BCUT2D eigenvalue weighted by atomic mass is 9.97. The summed E-state index contributed by atoms with van der Waals surface area (Å²) >= 11 is 1.86. The number of benzene rings is 8. The summed E-state index contributed by atoms with van der Waals surface area (Å²) in [6, 6.07) is 68.1. The van der Waals surface area contributed by atoms with Gasteiger partial charge in [-0.05, 0) is 92.7 Å². The fraction of sp³-hybridized carbons (Fsp3) is 0. The largest absolute Gasteiger partial charge is 0.310 e. The minimum Gasteiger partial charge on any atom is -0.310 e. The van der Waals surface area contributed by atoms with Gasteiger partial charge in [0.05, 0.1) is 0 Å². The van der Waals surface area contributed by atoms with Gasteiger partial charge >= 0.3 is 0 Å².